The molecule has 7 nitrogen and oxygen atoms in total. The number of pyridine rings is 1. The molecule has 0 aliphatic carbocycles. The third kappa shape index (κ3) is 3.14. The van der Waals surface area contributed by atoms with Crippen LogP contribution in [0.2, 0.25) is 0 Å². The fourth-order valence-electron chi connectivity index (χ4n) is 1.81. The van der Waals surface area contributed by atoms with Gasteiger partial charge in [-0.15, -0.1) is 0 Å². The van der Waals surface area contributed by atoms with Crippen LogP contribution in [0.15, 0.2) is 36.5 Å². The first kappa shape index (κ1) is 15.3. The largest absolute Gasteiger partial charge is 0.504 e. The number of carbonyl (C=O) groups excluding carboxylic acids is 2. The van der Waals surface area contributed by atoms with Crippen LogP contribution in [0.4, 0.5) is 0 Å². The molecule has 1 heterocycles. The van der Waals surface area contributed by atoms with Crippen LogP contribution in [0, 0.1) is 0 Å². The topological polar surface area (TPSA) is 109 Å². The van der Waals surface area contributed by atoms with Crippen LogP contribution >= 0.6 is 0 Å². The molecule has 22 heavy (non-hydrogen) atoms. The van der Waals surface area contributed by atoms with Gasteiger partial charge >= 0.3 is 5.97 Å². The Labute approximate surface area is 126 Å². The molecule has 0 radical (unpaired) electrons. The summed E-state index contributed by atoms with van der Waals surface area (Å²) < 4.78 is 4.46. The highest BCUT2D eigenvalue weighted by Crippen LogP contribution is 2.33. The molecule has 0 aliphatic heterocycles. The maximum Gasteiger partial charge on any atom is 0.341 e. The van der Waals surface area contributed by atoms with Crippen molar-refractivity contribution in [1.29, 1.82) is 0 Å². The van der Waals surface area contributed by atoms with Crippen molar-refractivity contribution in [3.05, 3.63) is 53.3 Å². The Morgan fingerprint density at radius 3 is 2.45 bits per heavy atom. The number of nitrogens with zero attached hydrogens (tertiary/aromatic N) is 1. The maximum absolute atomic E-state index is 12.0. The number of aromatic nitrogens is 1. The Kier molecular flexibility index (Phi) is 4.57. The number of hydrogen-bond donors (Lipinski definition) is 3. The maximum atomic E-state index is 12.0. The Balaban J connectivity index is 2.17. The Morgan fingerprint density at radius 1 is 1.14 bits per heavy atom. The second-order valence-corrected chi connectivity index (χ2v) is 4.35. The predicted octanol–water partition coefficient (Wildman–Crippen LogP) is 1.21. The fourth-order valence-corrected chi connectivity index (χ4v) is 1.81. The second-order valence-electron chi connectivity index (χ2n) is 4.35. The zero-order chi connectivity index (χ0) is 16.1. The van der Waals surface area contributed by atoms with Gasteiger partial charge in [-0.25, -0.2) is 4.79 Å². The molecule has 0 fully saturated rings. The van der Waals surface area contributed by atoms with Crippen LogP contribution in [0.1, 0.15) is 26.4 Å². The van der Waals surface area contributed by atoms with E-state index in [1.807, 2.05) is 0 Å². The monoisotopic (exact) mass is 302 g/mol. The third-order valence-corrected chi connectivity index (χ3v) is 2.96. The first-order valence-electron chi connectivity index (χ1n) is 6.36. The van der Waals surface area contributed by atoms with Gasteiger partial charge < -0.3 is 20.3 Å². The lowest BCUT2D eigenvalue weighted by atomic mass is 10.1. The molecule has 0 unspecified atom stereocenters. The molecule has 1 amide bonds. The van der Waals surface area contributed by atoms with E-state index < -0.39 is 23.4 Å². The van der Waals surface area contributed by atoms with Crippen molar-refractivity contribution in [1.82, 2.24) is 10.3 Å². The van der Waals surface area contributed by atoms with Crippen molar-refractivity contribution in [2.75, 3.05) is 7.11 Å². The number of benzene rings is 1. The standard InChI is InChI=1S/C15H14N2O5/c1-22-15(21)11-6-5-10(12(18)13(11)19)14(20)17-8-9-4-2-3-7-16-9/h2-7,18-19H,8H2,1H3,(H,17,20). The van der Waals surface area contributed by atoms with Crippen molar-refractivity contribution >= 4 is 11.9 Å². The molecule has 2 aromatic rings. The molecule has 1 aromatic carbocycles. The summed E-state index contributed by atoms with van der Waals surface area (Å²) in [5.41, 5.74) is 0.271. The second kappa shape index (κ2) is 6.57. The van der Waals surface area contributed by atoms with Crippen LogP contribution in [0.3, 0.4) is 0 Å². The Hall–Kier alpha value is -3.09. The van der Waals surface area contributed by atoms with E-state index in [1.54, 1.807) is 24.4 Å². The van der Waals surface area contributed by atoms with Crippen molar-refractivity contribution < 1.29 is 24.5 Å². The SMILES string of the molecule is COC(=O)c1ccc(C(=O)NCc2ccccn2)c(O)c1O. The summed E-state index contributed by atoms with van der Waals surface area (Å²) in [4.78, 5) is 27.4. The van der Waals surface area contributed by atoms with Gasteiger partial charge in [-0.05, 0) is 24.3 Å². The smallest absolute Gasteiger partial charge is 0.341 e. The summed E-state index contributed by atoms with van der Waals surface area (Å²) in [5, 5.41) is 22.2. The van der Waals surface area contributed by atoms with Crippen LogP contribution in [-0.4, -0.2) is 34.2 Å². The number of ether oxygens (including phenoxy) is 1. The molecule has 0 spiro atoms. The number of hydrogen-bond acceptors (Lipinski definition) is 6. The Morgan fingerprint density at radius 2 is 1.82 bits per heavy atom. The van der Waals surface area contributed by atoms with Gasteiger partial charge in [0.2, 0.25) is 0 Å². The summed E-state index contributed by atoms with van der Waals surface area (Å²) in [6.07, 6.45) is 1.59. The van der Waals surface area contributed by atoms with E-state index in [1.165, 1.54) is 12.1 Å². The average Bonchev–Trinajstić information content (AvgIpc) is 2.55. The molecule has 2 rings (SSSR count). The lowest BCUT2D eigenvalue weighted by Crippen LogP contribution is -2.23. The predicted molar refractivity (Wildman–Crippen MR) is 76.5 cm³/mol. The lowest BCUT2D eigenvalue weighted by Gasteiger charge is -2.10. The summed E-state index contributed by atoms with van der Waals surface area (Å²) in [6.45, 7) is 0.165. The number of nitrogens with one attached hydrogen (secondary N) is 1. The van der Waals surface area contributed by atoms with Gasteiger partial charge in [-0.3, -0.25) is 9.78 Å². The summed E-state index contributed by atoms with van der Waals surface area (Å²) in [6, 6.07) is 7.70. The van der Waals surface area contributed by atoms with Gasteiger partial charge in [-0.2, -0.15) is 0 Å². The molecule has 0 bridgehead atoms. The number of amides is 1. The van der Waals surface area contributed by atoms with E-state index >= 15 is 0 Å². The van der Waals surface area contributed by atoms with Crippen molar-refractivity contribution in [3.63, 3.8) is 0 Å². The number of aromatic hydroxyl groups is 2. The van der Waals surface area contributed by atoms with Gasteiger partial charge in [-0.1, -0.05) is 6.07 Å². The van der Waals surface area contributed by atoms with Gasteiger partial charge in [0.25, 0.3) is 5.91 Å². The zero-order valence-corrected chi connectivity index (χ0v) is 11.7. The number of methoxy groups -OCH3 is 1. The first-order chi connectivity index (χ1) is 10.5. The number of phenols is 2. The molecular weight excluding hydrogens is 288 g/mol. The van der Waals surface area contributed by atoms with Crippen LogP contribution in [0.5, 0.6) is 11.5 Å². The fraction of sp³-hybridized carbons (Fsp3) is 0.133. The molecule has 3 N–H and O–H groups in total. The number of rotatable bonds is 4. The molecule has 0 saturated carbocycles. The minimum absolute atomic E-state index is 0.152. The molecule has 114 valence electrons. The molecule has 7 heteroatoms. The number of carbonyl (C=O) groups is 2. The summed E-state index contributed by atoms with van der Waals surface area (Å²) in [7, 11) is 1.15. The summed E-state index contributed by atoms with van der Waals surface area (Å²) >= 11 is 0. The quantitative estimate of drug-likeness (QED) is 0.578. The highest BCUT2D eigenvalue weighted by atomic mass is 16.5. The summed E-state index contributed by atoms with van der Waals surface area (Å²) in [5.74, 6) is -2.79. The normalized spacial score (nSPS) is 10.0. The van der Waals surface area contributed by atoms with E-state index in [4.69, 9.17) is 0 Å². The van der Waals surface area contributed by atoms with Crippen LogP contribution in [0.25, 0.3) is 0 Å². The minimum atomic E-state index is -0.812. The average molecular weight is 302 g/mol. The van der Waals surface area contributed by atoms with E-state index in [0.717, 1.165) is 7.11 Å². The van der Waals surface area contributed by atoms with Crippen molar-refractivity contribution in [2.45, 2.75) is 6.54 Å². The van der Waals surface area contributed by atoms with E-state index in [0.29, 0.717) is 5.69 Å². The van der Waals surface area contributed by atoms with Crippen LogP contribution < -0.4 is 5.32 Å². The van der Waals surface area contributed by atoms with Crippen molar-refractivity contribution in [3.8, 4) is 11.5 Å². The molecule has 0 saturated heterocycles. The molecular formula is C15H14N2O5. The number of esters is 1. The highest BCUT2D eigenvalue weighted by Gasteiger charge is 2.21. The van der Waals surface area contributed by atoms with Gasteiger partial charge in [0.15, 0.2) is 11.5 Å². The highest BCUT2D eigenvalue weighted by molar-refractivity contribution is 6.01. The first-order valence-corrected chi connectivity index (χ1v) is 6.36. The van der Waals surface area contributed by atoms with Gasteiger partial charge in [0, 0.05) is 6.20 Å². The van der Waals surface area contributed by atoms with Gasteiger partial charge in [0.05, 0.1) is 24.9 Å². The Bertz CT molecular complexity index is 701. The lowest BCUT2D eigenvalue weighted by molar-refractivity contribution is 0.0596. The van der Waals surface area contributed by atoms with E-state index in [9.17, 15) is 19.8 Å². The van der Waals surface area contributed by atoms with Gasteiger partial charge in [0.1, 0.15) is 5.56 Å². The number of phenolic OH excluding ortho intramolecular Hbond substituents is 2. The van der Waals surface area contributed by atoms with E-state index in [2.05, 4.69) is 15.0 Å². The molecule has 1 aromatic heterocycles. The van der Waals surface area contributed by atoms with Crippen molar-refractivity contribution in [2.24, 2.45) is 0 Å². The third-order valence-electron chi connectivity index (χ3n) is 2.96. The van der Waals surface area contributed by atoms with Crippen LogP contribution in [-0.2, 0) is 11.3 Å². The molecule has 0 aliphatic rings. The minimum Gasteiger partial charge on any atom is -0.504 e. The van der Waals surface area contributed by atoms with E-state index in [-0.39, 0.29) is 17.7 Å². The zero-order valence-electron chi connectivity index (χ0n) is 11.7. The molecule has 0 atom stereocenters.